The first-order valence-corrected chi connectivity index (χ1v) is 11.6. The Hall–Kier alpha value is -2.82. The van der Waals surface area contributed by atoms with E-state index in [1.165, 1.54) is 11.1 Å². The fourth-order valence-corrected chi connectivity index (χ4v) is 3.73. The molecule has 0 saturated carbocycles. The maximum atomic E-state index is 12.3. The van der Waals surface area contributed by atoms with Crippen molar-refractivity contribution in [2.24, 2.45) is 5.41 Å². The number of hydrogen-bond acceptors (Lipinski definition) is 3. The number of ether oxygens (including phenoxy) is 1. The summed E-state index contributed by atoms with van der Waals surface area (Å²) in [6, 6.07) is 14.6. The van der Waals surface area contributed by atoms with Crippen LogP contribution in [0.1, 0.15) is 70.3 Å². The van der Waals surface area contributed by atoms with Gasteiger partial charge in [-0.15, -0.1) is 0 Å². The SMILES string of the molecule is Cc1ccc(C(C)C)c(OCCCCn2c(CNC(=O)C(C)(C)C)nc3ccccc32)c1. The predicted molar refractivity (Wildman–Crippen MR) is 131 cm³/mol. The van der Waals surface area contributed by atoms with Crippen LogP contribution in [0.25, 0.3) is 11.0 Å². The van der Waals surface area contributed by atoms with Gasteiger partial charge in [0.1, 0.15) is 11.6 Å². The van der Waals surface area contributed by atoms with Gasteiger partial charge in [0.15, 0.2) is 0 Å². The topological polar surface area (TPSA) is 56.1 Å². The molecule has 5 nitrogen and oxygen atoms in total. The standard InChI is InChI=1S/C27H37N3O2/c1-19(2)21-14-13-20(3)17-24(21)32-16-10-9-15-30-23-12-8-7-11-22(23)29-25(30)18-28-26(31)27(4,5)6/h7-8,11-14,17,19H,9-10,15-16,18H2,1-6H3,(H,28,31). The molecule has 0 unspecified atom stereocenters. The van der Waals surface area contributed by atoms with Gasteiger partial charge < -0.3 is 14.6 Å². The van der Waals surface area contributed by atoms with Crippen molar-refractivity contribution in [2.75, 3.05) is 6.61 Å². The van der Waals surface area contributed by atoms with Crippen LogP contribution in [0, 0.1) is 12.3 Å². The highest BCUT2D eigenvalue weighted by atomic mass is 16.5. The molecular formula is C27H37N3O2. The first-order valence-electron chi connectivity index (χ1n) is 11.6. The van der Waals surface area contributed by atoms with Gasteiger partial charge in [-0.1, -0.05) is 58.9 Å². The highest BCUT2D eigenvalue weighted by molar-refractivity contribution is 5.81. The molecule has 0 atom stereocenters. The lowest BCUT2D eigenvalue weighted by Gasteiger charge is -2.18. The molecule has 0 radical (unpaired) electrons. The summed E-state index contributed by atoms with van der Waals surface area (Å²) in [5, 5.41) is 3.04. The van der Waals surface area contributed by atoms with Crippen LogP contribution in [0.4, 0.5) is 0 Å². The van der Waals surface area contributed by atoms with Crippen LogP contribution in [0.3, 0.4) is 0 Å². The Bertz CT molecular complexity index is 1060. The van der Waals surface area contributed by atoms with Crippen molar-refractivity contribution in [3.05, 3.63) is 59.4 Å². The molecule has 2 aromatic carbocycles. The number of amides is 1. The van der Waals surface area contributed by atoms with Crippen molar-refractivity contribution >= 4 is 16.9 Å². The summed E-state index contributed by atoms with van der Waals surface area (Å²) in [5.74, 6) is 2.36. The lowest BCUT2D eigenvalue weighted by atomic mass is 9.96. The normalized spacial score (nSPS) is 11.8. The minimum atomic E-state index is -0.418. The van der Waals surface area contributed by atoms with Crippen molar-refractivity contribution in [1.82, 2.24) is 14.9 Å². The number of unbranched alkanes of at least 4 members (excludes halogenated alkanes) is 1. The van der Waals surface area contributed by atoms with Crippen LogP contribution in [0.2, 0.25) is 0 Å². The Kier molecular flexibility index (Phi) is 7.60. The van der Waals surface area contributed by atoms with Crippen LogP contribution in [-0.2, 0) is 17.9 Å². The fraction of sp³-hybridized carbons (Fsp3) is 0.481. The van der Waals surface area contributed by atoms with Gasteiger partial charge in [0.2, 0.25) is 5.91 Å². The van der Waals surface area contributed by atoms with Gasteiger partial charge in [-0.2, -0.15) is 0 Å². The number of para-hydroxylation sites is 2. The average molecular weight is 436 g/mol. The molecule has 0 saturated heterocycles. The molecule has 0 aliphatic carbocycles. The van der Waals surface area contributed by atoms with E-state index in [0.717, 1.165) is 42.0 Å². The fourth-order valence-electron chi connectivity index (χ4n) is 3.73. The summed E-state index contributed by atoms with van der Waals surface area (Å²) < 4.78 is 8.38. The molecule has 3 aromatic rings. The number of nitrogens with one attached hydrogen (secondary N) is 1. The third-order valence-electron chi connectivity index (χ3n) is 5.65. The number of aromatic nitrogens is 2. The van der Waals surface area contributed by atoms with Crippen molar-refractivity contribution in [2.45, 2.75) is 73.4 Å². The first-order chi connectivity index (χ1) is 15.2. The molecule has 1 N–H and O–H groups in total. The highest BCUT2D eigenvalue weighted by Crippen LogP contribution is 2.27. The average Bonchev–Trinajstić information content (AvgIpc) is 3.08. The number of imidazole rings is 1. The second kappa shape index (κ2) is 10.2. The zero-order valence-electron chi connectivity index (χ0n) is 20.4. The molecule has 5 heteroatoms. The molecule has 0 aliphatic heterocycles. The number of carbonyl (C=O) groups excluding carboxylic acids is 1. The summed E-state index contributed by atoms with van der Waals surface area (Å²) in [6.07, 6.45) is 1.93. The number of hydrogen-bond donors (Lipinski definition) is 1. The van der Waals surface area contributed by atoms with Crippen molar-refractivity contribution in [3.8, 4) is 5.75 Å². The van der Waals surface area contributed by atoms with Gasteiger partial charge in [-0.05, 0) is 55.0 Å². The number of nitrogens with zero attached hydrogens (tertiary/aromatic N) is 2. The largest absolute Gasteiger partial charge is 0.493 e. The van der Waals surface area contributed by atoms with Gasteiger partial charge in [0.05, 0.1) is 24.2 Å². The van der Waals surface area contributed by atoms with E-state index < -0.39 is 5.41 Å². The zero-order valence-corrected chi connectivity index (χ0v) is 20.4. The van der Waals surface area contributed by atoms with E-state index in [1.54, 1.807) is 0 Å². The van der Waals surface area contributed by atoms with Crippen LogP contribution in [-0.4, -0.2) is 22.1 Å². The van der Waals surface area contributed by atoms with Crippen molar-refractivity contribution < 1.29 is 9.53 Å². The lowest BCUT2D eigenvalue weighted by molar-refractivity contribution is -0.128. The van der Waals surface area contributed by atoms with Gasteiger partial charge in [-0.25, -0.2) is 4.98 Å². The lowest BCUT2D eigenvalue weighted by Crippen LogP contribution is -2.35. The van der Waals surface area contributed by atoms with Gasteiger partial charge in [0, 0.05) is 12.0 Å². The van der Waals surface area contributed by atoms with Gasteiger partial charge in [-0.3, -0.25) is 4.79 Å². The van der Waals surface area contributed by atoms with E-state index >= 15 is 0 Å². The Morgan fingerprint density at radius 2 is 1.88 bits per heavy atom. The predicted octanol–water partition coefficient (Wildman–Crippen LogP) is 5.99. The number of benzene rings is 2. The molecule has 0 bridgehead atoms. The molecule has 3 rings (SSSR count). The second-order valence-electron chi connectivity index (χ2n) is 9.85. The Morgan fingerprint density at radius 3 is 2.59 bits per heavy atom. The molecule has 172 valence electrons. The molecule has 1 amide bonds. The third-order valence-corrected chi connectivity index (χ3v) is 5.65. The third kappa shape index (κ3) is 5.90. The minimum absolute atomic E-state index is 0.0311. The summed E-state index contributed by atoms with van der Waals surface area (Å²) in [6.45, 7) is 14.2. The van der Waals surface area contributed by atoms with E-state index in [4.69, 9.17) is 9.72 Å². The maximum Gasteiger partial charge on any atom is 0.225 e. The summed E-state index contributed by atoms with van der Waals surface area (Å²) in [5.41, 5.74) is 4.13. The monoisotopic (exact) mass is 435 g/mol. The van der Waals surface area contributed by atoms with E-state index in [1.807, 2.05) is 39.0 Å². The van der Waals surface area contributed by atoms with E-state index in [0.29, 0.717) is 19.1 Å². The van der Waals surface area contributed by atoms with Crippen LogP contribution >= 0.6 is 0 Å². The summed E-state index contributed by atoms with van der Waals surface area (Å²) >= 11 is 0. The molecule has 0 aliphatic rings. The Morgan fingerprint density at radius 1 is 1.12 bits per heavy atom. The Labute approximate surface area is 192 Å². The highest BCUT2D eigenvalue weighted by Gasteiger charge is 2.21. The second-order valence-corrected chi connectivity index (χ2v) is 9.85. The first kappa shape index (κ1) is 23.8. The summed E-state index contributed by atoms with van der Waals surface area (Å²) in [7, 11) is 0. The smallest absolute Gasteiger partial charge is 0.225 e. The van der Waals surface area contributed by atoms with Crippen molar-refractivity contribution in [3.63, 3.8) is 0 Å². The van der Waals surface area contributed by atoms with Crippen LogP contribution < -0.4 is 10.1 Å². The van der Waals surface area contributed by atoms with Gasteiger partial charge >= 0.3 is 0 Å². The molecular weight excluding hydrogens is 398 g/mol. The van der Waals surface area contributed by atoms with E-state index in [9.17, 15) is 4.79 Å². The number of aryl methyl sites for hydroxylation is 2. The van der Waals surface area contributed by atoms with E-state index in [-0.39, 0.29) is 5.91 Å². The molecule has 0 spiro atoms. The van der Waals surface area contributed by atoms with Crippen LogP contribution in [0.15, 0.2) is 42.5 Å². The Balaban J connectivity index is 1.62. The summed E-state index contributed by atoms with van der Waals surface area (Å²) in [4.78, 5) is 17.1. The van der Waals surface area contributed by atoms with Crippen LogP contribution in [0.5, 0.6) is 5.75 Å². The van der Waals surface area contributed by atoms with Crippen molar-refractivity contribution in [1.29, 1.82) is 0 Å². The van der Waals surface area contributed by atoms with E-state index in [2.05, 4.69) is 54.9 Å². The minimum Gasteiger partial charge on any atom is -0.493 e. The number of carbonyl (C=O) groups is 1. The quantitative estimate of drug-likeness (QED) is 0.420. The molecule has 1 aromatic heterocycles. The number of fused-ring (bicyclic) bond motifs is 1. The zero-order chi connectivity index (χ0) is 23.3. The molecule has 1 heterocycles. The maximum absolute atomic E-state index is 12.3. The number of rotatable bonds is 9. The van der Waals surface area contributed by atoms with Gasteiger partial charge in [0.25, 0.3) is 0 Å². The molecule has 0 fully saturated rings. The molecule has 32 heavy (non-hydrogen) atoms.